The summed E-state index contributed by atoms with van der Waals surface area (Å²) < 4.78 is 0. The zero-order valence-electron chi connectivity index (χ0n) is 23.6. The third-order valence-corrected chi connectivity index (χ3v) is 8.69. The van der Waals surface area contributed by atoms with Gasteiger partial charge in [0, 0.05) is 28.4 Å². The van der Waals surface area contributed by atoms with Crippen molar-refractivity contribution in [3.63, 3.8) is 0 Å². The Bertz CT molecular complexity index is 1180. The highest BCUT2D eigenvalue weighted by molar-refractivity contribution is 6.07. The number of aromatic nitrogens is 1. The highest BCUT2D eigenvalue weighted by atomic mass is 16.3. The van der Waals surface area contributed by atoms with Crippen molar-refractivity contribution in [2.75, 3.05) is 10.6 Å². The second kappa shape index (κ2) is 9.28. The average Bonchev–Trinajstić information content (AvgIpc) is 2.77. The predicted molar refractivity (Wildman–Crippen MR) is 151 cm³/mol. The van der Waals surface area contributed by atoms with Crippen molar-refractivity contribution in [2.45, 2.75) is 96.4 Å². The van der Waals surface area contributed by atoms with Crippen LogP contribution in [0.5, 0.6) is 5.75 Å². The van der Waals surface area contributed by atoms with Crippen LogP contribution in [0.15, 0.2) is 30.5 Å². The summed E-state index contributed by atoms with van der Waals surface area (Å²) >= 11 is 0. The number of hydrogen-bond donors (Lipinski definition) is 4. The van der Waals surface area contributed by atoms with Crippen LogP contribution in [0, 0.1) is 17.8 Å². The molecule has 4 fully saturated rings. The Morgan fingerprint density at radius 3 is 1.92 bits per heavy atom. The molecule has 0 atom stereocenters. The van der Waals surface area contributed by atoms with Crippen LogP contribution < -0.4 is 16.0 Å². The van der Waals surface area contributed by atoms with Gasteiger partial charge in [-0.3, -0.25) is 10.1 Å². The van der Waals surface area contributed by atoms with Crippen molar-refractivity contribution >= 4 is 23.4 Å². The molecule has 0 unspecified atom stereocenters. The molecular formula is C31H42N4O3. The van der Waals surface area contributed by atoms with Gasteiger partial charge >= 0.3 is 6.03 Å². The zero-order chi connectivity index (χ0) is 27.5. The van der Waals surface area contributed by atoms with Gasteiger partial charge in [0.25, 0.3) is 5.91 Å². The normalized spacial score (nSPS) is 26.2. The minimum Gasteiger partial charge on any atom is -0.507 e. The summed E-state index contributed by atoms with van der Waals surface area (Å²) in [6.45, 7) is 12.1. The zero-order valence-corrected chi connectivity index (χ0v) is 23.6. The van der Waals surface area contributed by atoms with E-state index in [1.54, 1.807) is 30.5 Å². The van der Waals surface area contributed by atoms with Gasteiger partial charge in [-0.25, -0.2) is 9.78 Å². The average molecular weight is 519 g/mol. The maximum atomic E-state index is 13.5. The van der Waals surface area contributed by atoms with Crippen molar-refractivity contribution in [2.24, 2.45) is 17.8 Å². The minimum atomic E-state index is -0.350. The van der Waals surface area contributed by atoms with Gasteiger partial charge in [0.2, 0.25) is 0 Å². The molecule has 3 amide bonds. The van der Waals surface area contributed by atoms with Crippen LogP contribution in [0.25, 0.3) is 0 Å². The van der Waals surface area contributed by atoms with Crippen LogP contribution in [0.1, 0.15) is 102 Å². The van der Waals surface area contributed by atoms with Crippen LogP contribution in [-0.4, -0.2) is 27.6 Å². The van der Waals surface area contributed by atoms with Gasteiger partial charge in [0.05, 0.1) is 5.69 Å². The quantitative estimate of drug-likeness (QED) is 0.360. The molecule has 4 aliphatic carbocycles. The predicted octanol–water partition coefficient (Wildman–Crippen LogP) is 6.72. The lowest BCUT2D eigenvalue weighted by Gasteiger charge is -2.56. The second-order valence-electron chi connectivity index (χ2n) is 14.1. The molecule has 38 heavy (non-hydrogen) atoms. The van der Waals surface area contributed by atoms with E-state index in [1.807, 2.05) is 41.5 Å². The summed E-state index contributed by atoms with van der Waals surface area (Å²) in [4.78, 5) is 31.0. The molecular weight excluding hydrogens is 476 g/mol. The Morgan fingerprint density at radius 2 is 1.42 bits per heavy atom. The Hall–Kier alpha value is -3.09. The van der Waals surface area contributed by atoms with Crippen molar-refractivity contribution in [3.8, 4) is 5.75 Å². The highest BCUT2D eigenvalue weighted by Crippen LogP contribution is 2.55. The summed E-state index contributed by atoms with van der Waals surface area (Å²) in [6.07, 6.45) is 8.71. The molecule has 0 saturated heterocycles. The molecule has 2 aromatic rings. The Labute approximate surface area is 226 Å². The standard InChI is InChI=1S/C31H42N4O3/c1-29(2,3)22-13-21(14-23(25(22)36)30(4,5)6)27(37)33-24-8-7-9-32-26(24)34-28(38)35-31-15-18-10-19(16-31)12-20(11-18)17-31/h7-9,13-14,18-20,36H,10-12,15-17H2,1-6H3,(H,33,37)(H2,32,34,35,38). The fraction of sp³-hybridized carbons (Fsp3) is 0.581. The smallest absolute Gasteiger partial charge is 0.320 e. The number of phenols is 1. The fourth-order valence-electron chi connectivity index (χ4n) is 7.35. The monoisotopic (exact) mass is 518 g/mol. The van der Waals surface area contributed by atoms with E-state index < -0.39 is 0 Å². The minimum absolute atomic E-state index is 0.115. The molecule has 204 valence electrons. The van der Waals surface area contributed by atoms with Crippen LogP contribution in [-0.2, 0) is 10.8 Å². The molecule has 7 heteroatoms. The number of nitrogens with zero attached hydrogens (tertiary/aromatic N) is 1. The van der Waals surface area contributed by atoms with Crippen molar-refractivity contribution in [1.82, 2.24) is 10.3 Å². The molecule has 4 N–H and O–H groups in total. The molecule has 1 aromatic carbocycles. The van der Waals surface area contributed by atoms with Gasteiger partial charge in [-0.2, -0.15) is 0 Å². The number of amides is 3. The van der Waals surface area contributed by atoms with E-state index in [2.05, 4.69) is 20.9 Å². The lowest BCUT2D eigenvalue weighted by molar-refractivity contribution is -0.0127. The first-order chi connectivity index (χ1) is 17.7. The van der Waals surface area contributed by atoms with Crippen LogP contribution >= 0.6 is 0 Å². The first-order valence-corrected chi connectivity index (χ1v) is 14.0. The van der Waals surface area contributed by atoms with E-state index in [1.165, 1.54) is 19.3 Å². The number of pyridine rings is 1. The first-order valence-electron chi connectivity index (χ1n) is 14.0. The summed E-state index contributed by atoms with van der Waals surface area (Å²) in [5.41, 5.74) is 1.50. The van der Waals surface area contributed by atoms with Crippen LogP contribution in [0.2, 0.25) is 0 Å². The third kappa shape index (κ3) is 5.25. The summed E-state index contributed by atoms with van der Waals surface area (Å²) in [5.74, 6) is 2.41. The van der Waals surface area contributed by atoms with Gasteiger partial charge in [0.1, 0.15) is 5.75 Å². The second-order valence-corrected chi connectivity index (χ2v) is 14.1. The van der Waals surface area contributed by atoms with Crippen LogP contribution in [0.4, 0.5) is 16.3 Å². The van der Waals surface area contributed by atoms with E-state index in [0.717, 1.165) is 48.1 Å². The molecule has 4 aliphatic rings. The van der Waals surface area contributed by atoms with Gasteiger partial charge in [0.15, 0.2) is 5.82 Å². The van der Waals surface area contributed by atoms with Gasteiger partial charge in [-0.15, -0.1) is 0 Å². The molecule has 0 aliphatic heterocycles. The Balaban J connectivity index is 1.35. The van der Waals surface area contributed by atoms with Gasteiger partial charge in [-0.05, 0) is 91.4 Å². The van der Waals surface area contributed by atoms with Gasteiger partial charge in [-0.1, -0.05) is 41.5 Å². The maximum Gasteiger partial charge on any atom is 0.320 e. The van der Waals surface area contributed by atoms with E-state index in [-0.39, 0.29) is 34.1 Å². The molecule has 1 aromatic heterocycles. The lowest BCUT2D eigenvalue weighted by Crippen LogP contribution is -2.60. The molecule has 4 saturated carbocycles. The molecule has 6 rings (SSSR count). The largest absolute Gasteiger partial charge is 0.507 e. The summed E-state index contributed by atoms with van der Waals surface area (Å²) in [5, 5.41) is 20.2. The van der Waals surface area contributed by atoms with E-state index >= 15 is 0 Å². The summed E-state index contributed by atoms with van der Waals surface area (Å²) in [7, 11) is 0. The van der Waals surface area contributed by atoms with Gasteiger partial charge < -0.3 is 15.7 Å². The number of phenolic OH excluding ortho intramolecular Hbond substituents is 1. The third-order valence-electron chi connectivity index (χ3n) is 8.69. The maximum absolute atomic E-state index is 13.5. The molecule has 0 spiro atoms. The number of carbonyl (C=O) groups is 2. The number of hydrogen-bond acceptors (Lipinski definition) is 4. The SMILES string of the molecule is CC(C)(C)c1cc(C(=O)Nc2cccnc2NC(=O)NC23CC4CC(CC(C4)C2)C3)cc(C(C)(C)C)c1O. The topological polar surface area (TPSA) is 103 Å². The molecule has 7 nitrogen and oxygen atoms in total. The number of nitrogens with one attached hydrogen (secondary N) is 3. The highest BCUT2D eigenvalue weighted by Gasteiger charge is 2.51. The Kier molecular flexibility index (Phi) is 6.48. The fourth-order valence-corrected chi connectivity index (χ4v) is 7.35. The number of carbonyl (C=O) groups excluding carboxylic acids is 2. The number of urea groups is 1. The molecule has 0 radical (unpaired) electrons. The van der Waals surface area contributed by atoms with Crippen molar-refractivity contribution in [1.29, 1.82) is 0 Å². The number of aromatic hydroxyl groups is 1. The molecule has 4 bridgehead atoms. The number of rotatable bonds is 4. The first kappa shape index (κ1) is 26.5. The lowest BCUT2D eigenvalue weighted by atomic mass is 9.53. The van der Waals surface area contributed by atoms with Crippen molar-refractivity contribution in [3.05, 3.63) is 47.2 Å². The van der Waals surface area contributed by atoms with E-state index in [9.17, 15) is 14.7 Å². The number of anilines is 2. The van der Waals surface area contributed by atoms with Crippen molar-refractivity contribution < 1.29 is 14.7 Å². The molecule has 1 heterocycles. The summed E-state index contributed by atoms with van der Waals surface area (Å²) in [6, 6.07) is 6.71. The van der Waals surface area contributed by atoms with E-state index in [0.29, 0.717) is 17.1 Å². The van der Waals surface area contributed by atoms with Crippen LogP contribution in [0.3, 0.4) is 0 Å². The number of benzene rings is 1. The Morgan fingerprint density at radius 1 is 0.895 bits per heavy atom. The van der Waals surface area contributed by atoms with E-state index in [4.69, 9.17) is 0 Å².